The maximum Gasteiger partial charge on any atom is 0.132 e. The molecule has 0 saturated carbocycles. The molecule has 0 unspecified atom stereocenters. The molecule has 15 rings (SSSR count). The van der Waals surface area contributed by atoms with Gasteiger partial charge in [0, 0.05) is 44.6 Å². The maximum absolute atomic E-state index is 6.77. The zero-order valence-corrected chi connectivity index (χ0v) is 37.6. The van der Waals surface area contributed by atoms with Crippen LogP contribution in [0.5, 0.6) is 23.0 Å². The maximum atomic E-state index is 6.77. The van der Waals surface area contributed by atoms with Crippen molar-refractivity contribution in [3.05, 3.63) is 280 Å². The Labute approximate surface area is 396 Å². The average molecular weight is 870 g/mol. The molecule has 0 saturated heterocycles. The molecule has 3 nitrogen and oxygen atoms in total. The monoisotopic (exact) mass is 869 g/mol. The van der Waals surface area contributed by atoms with Crippen LogP contribution in [0.2, 0.25) is 0 Å². The van der Waals surface area contributed by atoms with Crippen LogP contribution >= 0.6 is 0 Å². The van der Waals surface area contributed by atoms with Crippen LogP contribution in [0, 0.1) is 0 Å². The molecule has 2 heterocycles. The minimum atomic E-state index is -0.620. The lowest BCUT2D eigenvalue weighted by Gasteiger charge is -2.40. The quantitative estimate of drug-likeness (QED) is 0.177. The summed E-state index contributed by atoms with van der Waals surface area (Å²) in [5, 5.41) is 0. The van der Waals surface area contributed by atoms with E-state index in [1.807, 2.05) is 0 Å². The van der Waals surface area contributed by atoms with Gasteiger partial charge in [0.2, 0.25) is 0 Å². The van der Waals surface area contributed by atoms with Crippen LogP contribution < -0.4 is 14.4 Å². The first-order chi connectivity index (χ1) is 33.5. The largest absolute Gasteiger partial charge is 0.457 e. The highest BCUT2D eigenvalue weighted by atomic mass is 16.5. The lowest BCUT2D eigenvalue weighted by molar-refractivity contribution is 0.436. The summed E-state index contributed by atoms with van der Waals surface area (Å²) in [6, 6.07) is 83.0. The lowest BCUT2D eigenvalue weighted by Crippen LogP contribution is -2.32. The highest BCUT2D eigenvalue weighted by Crippen LogP contribution is 2.66. The zero-order chi connectivity index (χ0) is 44.9. The van der Waals surface area contributed by atoms with Crippen LogP contribution in [0.15, 0.2) is 224 Å². The molecule has 0 amide bonds. The zero-order valence-electron chi connectivity index (χ0n) is 37.6. The van der Waals surface area contributed by atoms with Crippen LogP contribution in [0.3, 0.4) is 0 Å². The van der Waals surface area contributed by atoms with E-state index in [2.05, 4.69) is 243 Å². The summed E-state index contributed by atoms with van der Waals surface area (Å²) in [7, 11) is 0. The summed E-state index contributed by atoms with van der Waals surface area (Å²) in [6.45, 7) is 4.75. The van der Waals surface area contributed by atoms with Crippen molar-refractivity contribution in [1.29, 1.82) is 0 Å². The van der Waals surface area contributed by atoms with Crippen molar-refractivity contribution in [2.45, 2.75) is 30.1 Å². The van der Waals surface area contributed by atoms with Gasteiger partial charge in [0.25, 0.3) is 0 Å². The Kier molecular flexibility index (Phi) is 7.43. The SMILES string of the molecule is CC1(C)c2ccccc2-c2ccc(N(c3ccc4c(c3)C3(c5ccccc5Oc5ccccc53)c3ccccc3-4)c3cccc4c3-c3ccccc3C43c4ccccc4Oc4ccccc43)cc21. The third-order valence-electron chi connectivity index (χ3n) is 16.0. The molecular formula is C65H43NO2. The van der Waals surface area contributed by atoms with Gasteiger partial charge < -0.3 is 14.4 Å². The number of benzene rings is 10. The van der Waals surface area contributed by atoms with Crippen molar-refractivity contribution in [3.8, 4) is 56.4 Å². The molecule has 2 spiro atoms. The number of ether oxygens (including phenoxy) is 2. The van der Waals surface area contributed by atoms with E-state index < -0.39 is 10.8 Å². The number of para-hydroxylation sites is 4. The van der Waals surface area contributed by atoms with Crippen molar-refractivity contribution < 1.29 is 9.47 Å². The van der Waals surface area contributed by atoms with Gasteiger partial charge in [0.1, 0.15) is 23.0 Å². The summed E-state index contributed by atoms with van der Waals surface area (Å²) in [4.78, 5) is 2.55. The minimum Gasteiger partial charge on any atom is -0.457 e. The number of anilines is 3. The fourth-order valence-corrected chi connectivity index (χ4v) is 13.3. The second-order valence-corrected chi connectivity index (χ2v) is 19.4. The Morgan fingerprint density at radius 3 is 1.21 bits per heavy atom. The molecule has 5 aliphatic rings. The third-order valence-corrected chi connectivity index (χ3v) is 16.0. The van der Waals surface area contributed by atoms with E-state index >= 15 is 0 Å². The van der Waals surface area contributed by atoms with Gasteiger partial charge in [-0.2, -0.15) is 0 Å². The Morgan fingerprint density at radius 1 is 0.294 bits per heavy atom. The summed E-state index contributed by atoms with van der Waals surface area (Å²) in [5.74, 6) is 3.54. The van der Waals surface area contributed by atoms with Gasteiger partial charge in [0.15, 0.2) is 0 Å². The molecule has 68 heavy (non-hydrogen) atoms. The number of fused-ring (bicyclic) bond motifs is 21. The van der Waals surface area contributed by atoms with E-state index in [0.717, 1.165) is 62.3 Å². The van der Waals surface area contributed by atoms with Gasteiger partial charge in [0.05, 0.1) is 16.5 Å². The highest BCUT2D eigenvalue weighted by molar-refractivity contribution is 6.00. The Balaban J connectivity index is 1.05. The van der Waals surface area contributed by atoms with Crippen LogP contribution in [-0.4, -0.2) is 0 Å². The standard InChI is InChI=1S/C65H43NO2/c1-63(2)47-21-6-3-18-42(47)44-36-34-40(38-55(44)63)66(41-35-37-45-43-19-4-7-22-48(43)65(56(45)39-41)52-26-11-15-32-60(52)68-61-33-16-12-27-53(61)65)57-29-17-28-54-62(57)46-20-5-8-23-49(46)64(54)50-24-9-13-30-58(50)67-59-31-14-10-25-51(59)64/h3-39H,1-2H3. The van der Waals surface area contributed by atoms with Gasteiger partial charge in [-0.05, 0) is 116 Å². The van der Waals surface area contributed by atoms with E-state index in [0.29, 0.717) is 0 Å². The van der Waals surface area contributed by atoms with E-state index in [-0.39, 0.29) is 5.41 Å². The fraction of sp³-hybridized carbons (Fsp3) is 0.0769. The number of rotatable bonds is 3. The molecule has 3 heteroatoms. The van der Waals surface area contributed by atoms with Gasteiger partial charge in [-0.15, -0.1) is 0 Å². The third kappa shape index (κ3) is 4.59. The Morgan fingerprint density at radius 2 is 0.662 bits per heavy atom. The minimum absolute atomic E-state index is 0.197. The predicted molar refractivity (Wildman–Crippen MR) is 273 cm³/mol. The van der Waals surface area contributed by atoms with Crippen molar-refractivity contribution in [2.24, 2.45) is 0 Å². The smallest absolute Gasteiger partial charge is 0.132 e. The summed E-state index contributed by atoms with van der Waals surface area (Å²) < 4.78 is 13.5. The predicted octanol–water partition coefficient (Wildman–Crippen LogP) is 16.4. The molecule has 10 aromatic carbocycles. The summed E-state index contributed by atoms with van der Waals surface area (Å²) in [6.07, 6.45) is 0. The van der Waals surface area contributed by atoms with E-state index in [1.54, 1.807) is 0 Å². The van der Waals surface area contributed by atoms with Crippen molar-refractivity contribution in [2.75, 3.05) is 4.90 Å². The molecular weight excluding hydrogens is 827 g/mol. The van der Waals surface area contributed by atoms with Crippen molar-refractivity contribution in [3.63, 3.8) is 0 Å². The fourth-order valence-electron chi connectivity index (χ4n) is 13.3. The molecule has 3 aliphatic carbocycles. The average Bonchev–Trinajstić information content (AvgIpc) is 3.94. The second kappa shape index (κ2) is 13.4. The van der Waals surface area contributed by atoms with Crippen LogP contribution in [0.25, 0.3) is 33.4 Å². The molecule has 0 bridgehead atoms. The lowest BCUT2D eigenvalue weighted by atomic mass is 9.66. The van der Waals surface area contributed by atoms with Crippen molar-refractivity contribution in [1.82, 2.24) is 0 Å². The first kappa shape index (κ1) is 37.8. The molecule has 0 N–H and O–H groups in total. The van der Waals surface area contributed by atoms with Crippen molar-refractivity contribution >= 4 is 17.1 Å². The van der Waals surface area contributed by atoms with Gasteiger partial charge in [-0.25, -0.2) is 0 Å². The first-order valence-corrected chi connectivity index (χ1v) is 23.7. The molecule has 0 aromatic heterocycles. The van der Waals surface area contributed by atoms with Crippen LogP contribution in [0.1, 0.15) is 69.5 Å². The van der Waals surface area contributed by atoms with E-state index in [4.69, 9.17) is 9.47 Å². The topological polar surface area (TPSA) is 21.7 Å². The highest BCUT2D eigenvalue weighted by Gasteiger charge is 2.53. The van der Waals surface area contributed by atoms with E-state index in [9.17, 15) is 0 Å². The molecule has 0 fully saturated rings. The van der Waals surface area contributed by atoms with Gasteiger partial charge in [-0.3, -0.25) is 0 Å². The van der Waals surface area contributed by atoms with Gasteiger partial charge >= 0.3 is 0 Å². The van der Waals surface area contributed by atoms with Gasteiger partial charge in [-0.1, -0.05) is 184 Å². The van der Waals surface area contributed by atoms with Crippen LogP contribution in [-0.2, 0) is 16.2 Å². The Bertz CT molecular complexity index is 3730. The Hall–Kier alpha value is -8.40. The molecule has 0 atom stereocenters. The van der Waals surface area contributed by atoms with Crippen LogP contribution in [0.4, 0.5) is 17.1 Å². The summed E-state index contributed by atoms with van der Waals surface area (Å²) >= 11 is 0. The normalized spacial score (nSPS) is 15.5. The summed E-state index contributed by atoms with van der Waals surface area (Å²) in [5.41, 5.74) is 21.8. The molecule has 10 aromatic rings. The molecule has 2 aliphatic heterocycles. The number of hydrogen-bond donors (Lipinski definition) is 0. The van der Waals surface area contributed by atoms with E-state index in [1.165, 1.54) is 66.8 Å². The number of nitrogens with zero attached hydrogens (tertiary/aromatic N) is 1. The first-order valence-electron chi connectivity index (χ1n) is 23.7. The molecule has 320 valence electrons. The second-order valence-electron chi connectivity index (χ2n) is 19.4. The number of hydrogen-bond acceptors (Lipinski definition) is 3. The molecule has 0 radical (unpaired) electrons.